The molecule has 0 aliphatic heterocycles. The fourth-order valence-corrected chi connectivity index (χ4v) is 2.47. The van der Waals surface area contributed by atoms with Crippen molar-refractivity contribution < 1.29 is 9.18 Å². The maximum Gasteiger partial charge on any atom is 0.225 e. The monoisotopic (exact) mass is 365 g/mol. The average molecular weight is 366 g/mol. The lowest BCUT2D eigenvalue weighted by molar-refractivity contribution is -0.116. The summed E-state index contributed by atoms with van der Waals surface area (Å²) < 4.78 is 12.9. The lowest BCUT2D eigenvalue weighted by Crippen LogP contribution is -2.34. The Bertz CT molecular complexity index is 622. The Morgan fingerprint density at radius 2 is 1.68 bits per heavy atom. The molecule has 0 bridgehead atoms. The molecular weight excluding hydrogens is 341 g/mol. The summed E-state index contributed by atoms with van der Waals surface area (Å²) in [5.41, 5.74) is 7.55. The largest absolute Gasteiger partial charge is 0.329 e. The number of carbonyl (C=O) groups is 1. The molecule has 2 aromatic rings. The Morgan fingerprint density at radius 3 is 2.32 bits per heavy atom. The number of carbonyl (C=O) groups excluding carboxylic acids is 1. The summed E-state index contributed by atoms with van der Waals surface area (Å²) in [6.45, 7) is 2.84. The fourth-order valence-electron chi connectivity index (χ4n) is 2.47. The Kier molecular flexibility index (Phi) is 9.77. The number of halogens is 2. The number of nitrogens with one attached hydrogen (secondary N) is 1. The summed E-state index contributed by atoms with van der Waals surface area (Å²) in [5, 5.41) is 2.78. The van der Waals surface area contributed by atoms with Crippen LogP contribution in [-0.2, 0) is 11.2 Å². The van der Waals surface area contributed by atoms with Gasteiger partial charge in [-0.1, -0.05) is 30.3 Å². The Hall–Kier alpha value is -1.95. The van der Waals surface area contributed by atoms with E-state index >= 15 is 0 Å². The minimum absolute atomic E-state index is 0. The van der Waals surface area contributed by atoms with Crippen molar-refractivity contribution in [2.24, 2.45) is 5.73 Å². The second-order valence-corrected chi connectivity index (χ2v) is 5.67. The summed E-state index contributed by atoms with van der Waals surface area (Å²) in [7, 11) is 0. The second kappa shape index (κ2) is 11.6. The van der Waals surface area contributed by atoms with Gasteiger partial charge in [0.25, 0.3) is 0 Å². The van der Waals surface area contributed by atoms with Gasteiger partial charge >= 0.3 is 0 Å². The van der Waals surface area contributed by atoms with Crippen molar-refractivity contribution in [3.63, 3.8) is 0 Å². The molecule has 0 aromatic heterocycles. The quantitative estimate of drug-likeness (QED) is 0.718. The van der Waals surface area contributed by atoms with Crippen molar-refractivity contribution in [3.05, 3.63) is 66.0 Å². The van der Waals surface area contributed by atoms with Crippen molar-refractivity contribution >= 4 is 24.0 Å². The van der Waals surface area contributed by atoms with Crippen molar-refractivity contribution in [2.75, 3.05) is 31.5 Å². The van der Waals surface area contributed by atoms with Crippen LogP contribution in [0.3, 0.4) is 0 Å². The predicted octanol–water partition coefficient (Wildman–Crippen LogP) is 3.08. The summed E-state index contributed by atoms with van der Waals surface area (Å²) in [5.74, 6) is -0.397. The van der Waals surface area contributed by atoms with Gasteiger partial charge in [-0.2, -0.15) is 0 Å². The summed E-state index contributed by atoms with van der Waals surface area (Å²) in [6, 6.07) is 16.0. The number of amides is 1. The second-order valence-electron chi connectivity index (χ2n) is 5.67. The molecule has 0 atom stereocenters. The smallest absolute Gasteiger partial charge is 0.225 e. The highest BCUT2D eigenvalue weighted by Gasteiger charge is 2.08. The maximum atomic E-state index is 12.9. The van der Waals surface area contributed by atoms with Crippen molar-refractivity contribution in [1.29, 1.82) is 0 Å². The average Bonchev–Trinajstić information content (AvgIpc) is 2.60. The third-order valence-electron chi connectivity index (χ3n) is 3.79. The van der Waals surface area contributed by atoms with Gasteiger partial charge in [-0.05, 0) is 36.2 Å². The van der Waals surface area contributed by atoms with E-state index in [-0.39, 0.29) is 24.1 Å². The van der Waals surface area contributed by atoms with E-state index in [9.17, 15) is 9.18 Å². The summed E-state index contributed by atoms with van der Waals surface area (Å²) in [4.78, 5) is 14.2. The number of nitrogens with zero attached hydrogens (tertiary/aromatic N) is 1. The lowest BCUT2D eigenvalue weighted by Gasteiger charge is -2.21. The van der Waals surface area contributed by atoms with Crippen LogP contribution >= 0.6 is 12.4 Å². The van der Waals surface area contributed by atoms with Crippen LogP contribution in [0.25, 0.3) is 0 Å². The molecule has 25 heavy (non-hydrogen) atoms. The van der Waals surface area contributed by atoms with Crippen LogP contribution in [0.15, 0.2) is 54.6 Å². The molecule has 0 fully saturated rings. The van der Waals surface area contributed by atoms with E-state index < -0.39 is 0 Å². The van der Waals surface area contributed by atoms with Crippen molar-refractivity contribution in [2.45, 2.75) is 12.8 Å². The topological polar surface area (TPSA) is 58.4 Å². The molecule has 0 spiro atoms. The zero-order chi connectivity index (χ0) is 17.2. The van der Waals surface area contributed by atoms with Gasteiger partial charge in [-0.25, -0.2) is 4.39 Å². The molecule has 136 valence electrons. The van der Waals surface area contributed by atoms with E-state index in [4.69, 9.17) is 5.73 Å². The van der Waals surface area contributed by atoms with Crippen molar-refractivity contribution in [3.8, 4) is 0 Å². The molecule has 0 aliphatic carbocycles. The van der Waals surface area contributed by atoms with Crippen LogP contribution in [0.4, 0.5) is 10.1 Å². The zero-order valence-corrected chi connectivity index (χ0v) is 15.0. The maximum absolute atomic E-state index is 12.9. The first-order chi connectivity index (χ1) is 11.7. The minimum Gasteiger partial charge on any atom is -0.329 e. The lowest BCUT2D eigenvalue weighted by atomic mass is 10.1. The molecule has 2 aromatic carbocycles. The van der Waals surface area contributed by atoms with E-state index in [1.54, 1.807) is 12.1 Å². The molecule has 0 aliphatic rings. The number of rotatable bonds is 9. The molecule has 0 heterocycles. The fraction of sp³-hybridized carbons (Fsp3) is 0.316. The first-order valence-corrected chi connectivity index (χ1v) is 8.19. The first kappa shape index (κ1) is 21.1. The minimum atomic E-state index is -0.317. The standard InChI is InChI=1S/C19H24FN3O.ClH/c20-17-6-8-18(9-7-17)22-19(24)11-14-23(15-12-21)13-10-16-4-2-1-3-5-16;/h1-9H,10-15,21H2,(H,22,24);1H. The SMILES string of the molecule is Cl.NCCN(CCC(=O)Nc1ccc(F)cc1)CCc1ccccc1. The van der Waals surface area contributed by atoms with E-state index in [2.05, 4.69) is 22.3 Å². The predicted molar refractivity (Wildman–Crippen MR) is 103 cm³/mol. The highest BCUT2D eigenvalue weighted by molar-refractivity contribution is 5.90. The van der Waals surface area contributed by atoms with Crippen molar-refractivity contribution in [1.82, 2.24) is 4.90 Å². The van der Waals surface area contributed by atoms with Gasteiger partial charge in [0.05, 0.1) is 0 Å². The molecule has 0 saturated carbocycles. The normalized spacial score (nSPS) is 10.4. The molecule has 3 N–H and O–H groups in total. The molecule has 6 heteroatoms. The number of hydrogen-bond donors (Lipinski definition) is 2. The molecule has 0 saturated heterocycles. The van der Waals surface area contributed by atoms with Gasteiger partial charge in [0.2, 0.25) is 5.91 Å². The van der Waals surface area contributed by atoms with Crippen LogP contribution in [0.5, 0.6) is 0 Å². The molecule has 4 nitrogen and oxygen atoms in total. The first-order valence-electron chi connectivity index (χ1n) is 8.19. The van der Waals surface area contributed by atoms with E-state index in [1.807, 2.05) is 18.2 Å². The number of anilines is 1. The van der Waals surface area contributed by atoms with Crippen LogP contribution < -0.4 is 11.1 Å². The van der Waals surface area contributed by atoms with Gasteiger partial charge in [-0.3, -0.25) is 4.79 Å². The van der Waals surface area contributed by atoms with Gasteiger partial charge in [0.15, 0.2) is 0 Å². The van der Waals surface area contributed by atoms with E-state index in [1.165, 1.54) is 17.7 Å². The number of hydrogen-bond acceptors (Lipinski definition) is 3. The third kappa shape index (κ3) is 8.12. The zero-order valence-electron chi connectivity index (χ0n) is 14.2. The van der Waals surface area contributed by atoms with E-state index in [0.29, 0.717) is 25.2 Å². The van der Waals surface area contributed by atoms with Crippen LogP contribution in [0.2, 0.25) is 0 Å². The van der Waals surface area contributed by atoms with E-state index in [0.717, 1.165) is 19.5 Å². The Labute approximate surface area is 154 Å². The highest BCUT2D eigenvalue weighted by atomic mass is 35.5. The number of benzene rings is 2. The van der Waals surface area contributed by atoms with Crippen LogP contribution in [-0.4, -0.2) is 37.0 Å². The Balaban J connectivity index is 0.00000312. The third-order valence-corrected chi connectivity index (χ3v) is 3.79. The molecule has 1 amide bonds. The molecular formula is C19H25ClFN3O. The number of nitrogens with two attached hydrogens (primary N) is 1. The van der Waals surface area contributed by atoms with Gasteiger partial charge in [0, 0.05) is 38.3 Å². The van der Waals surface area contributed by atoms with Crippen LogP contribution in [0.1, 0.15) is 12.0 Å². The Morgan fingerprint density at radius 1 is 1.00 bits per heavy atom. The van der Waals surface area contributed by atoms with Gasteiger partial charge in [-0.15, -0.1) is 12.4 Å². The van der Waals surface area contributed by atoms with Gasteiger partial charge in [0.1, 0.15) is 5.82 Å². The summed E-state index contributed by atoms with van der Waals surface area (Å²) in [6.07, 6.45) is 1.31. The molecule has 2 rings (SSSR count). The molecule has 0 unspecified atom stereocenters. The van der Waals surface area contributed by atoms with Crippen LogP contribution in [0, 0.1) is 5.82 Å². The highest BCUT2D eigenvalue weighted by Crippen LogP contribution is 2.09. The molecule has 0 radical (unpaired) electrons. The summed E-state index contributed by atoms with van der Waals surface area (Å²) >= 11 is 0. The van der Waals surface area contributed by atoms with Gasteiger partial charge < -0.3 is 16.0 Å².